The predicted octanol–water partition coefficient (Wildman–Crippen LogP) is 6.50. The first-order chi connectivity index (χ1) is 17.9. The van der Waals surface area contributed by atoms with Crippen LogP contribution in [0.4, 0.5) is 17.1 Å². The second-order valence-corrected chi connectivity index (χ2v) is 9.32. The minimum atomic E-state index is 0.112. The van der Waals surface area contributed by atoms with Gasteiger partial charge in [-0.15, -0.1) is 0 Å². The number of anilines is 3. The third kappa shape index (κ3) is 2.64. The average molecular weight is 461 g/mol. The third-order valence-electron chi connectivity index (χ3n) is 7.41. The molecule has 2 aliphatic rings. The van der Waals surface area contributed by atoms with Crippen LogP contribution in [0.15, 0.2) is 126 Å². The van der Waals surface area contributed by atoms with Crippen LogP contribution in [0.1, 0.15) is 0 Å². The number of nitrogens with zero attached hydrogens (tertiary/aromatic N) is 1. The summed E-state index contributed by atoms with van der Waals surface area (Å²) in [5, 5.41) is 1.09. The number of fused-ring (bicyclic) bond motifs is 5. The number of hydrogen-bond acceptors (Lipinski definition) is 3. The topological polar surface area (TPSA) is 25.6 Å². The van der Waals surface area contributed by atoms with Crippen molar-refractivity contribution in [3.63, 3.8) is 0 Å². The predicted molar refractivity (Wildman–Crippen MR) is 148 cm³/mol. The molecule has 5 aromatic carbocycles. The number of furan rings is 1. The highest BCUT2D eigenvalue weighted by atomic mass is 16.5. The zero-order valence-corrected chi connectivity index (χ0v) is 19.4. The standard InChI is InChI=1S/C32H20BNO2/c1-2-9-21(10-3-1)30-26(18-17-22-19-20-35-32(22)30)34-25-13-6-4-11-23(25)33-24-12-5-7-15-28(24)36-29-16-8-14-27(34)31(29)33/h1-20H. The maximum Gasteiger partial charge on any atom is 0.256 e. The maximum atomic E-state index is 6.45. The van der Waals surface area contributed by atoms with Gasteiger partial charge in [-0.05, 0) is 64.4 Å². The van der Waals surface area contributed by atoms with Crippen molar-refractivity contribution in [1.82, 2.24) is 0 Å². The van der Waals surface area contributed by atoms with Gasteiger partial charge in [-0.2, -0.15) is 0 Å². The Morgan fingerprint density at radius 1 is 0.556 bits per heavy atom. The van der Waals surface area contributed by atoms with Gasteiger partial charge in [0, 0.05) is 22.3 Å². The lowest BCUT2D eigenvalue weighted by molar-refractivity contribution is 0.487. The largest absolute Gasteiger partial charge is 0.464 e. The van der Waals surface area contributed by atoms with Gasteiger partial charge in [0.1, 0.15) is 17.1 Å². The van der Waals surface area contributed by atoms with Gasteiger partial charge in [0.2, 0.25) is 0 Å². The first-order valence-electron chi connectivity index (χ1n) is 12.2. The smallest absolute Gasteiger partial charge is 0.256 e. The Bertz CT molecular complexity index is 1790. The molecule has 8 rings (SSSR count). The summed E-state index contributed by atoms with van der Waals surface area (Å²) in [6.45, 7) is 0.112. The van der Waals surface area contributed by atoms with E-state index in [0.29, 0.717) is 0 Å². The van der Waals surface area contributed by atoms with Gasteiger partial charge in [0.05, 0.1) is 12.0 Å². The third-order valence-corrected chi connectivity index (χ3v) is 7.41. The Kier molecular flexibility index (Phi) is 4.03. The zero-order valence-electron chi connectivity index (χ0n) is 19.4. The number of hydrogen-bond donors (Lipinski definition) is 0. The molecule has 0 unspecified atom stereocenters. The van der Waals surface area contributed by atoms with Crippen LogP contribution < -0.4 is 26.0 Å². The van der Waals surface area contributed by atoms with E-state index in [-0.39, 0.29) is 6.71 Å². The number of para-hydroxylation sites is 2. The number of rotatable bonds is 2. The van der Waals surface area contributed by atoms with Gasteiger partial charge in [-0.3, -0.25) is 0 Å². The molecule has 4 heteroatoms. The second-order valence-electron chi connectivity index (χ2n) is 9.32. The molecule has 36 heavy (non-hydrogen) atoms. The summed E-state index contributed by atoms with van der Waals surface area (Å²) in [5.74, 6) is 1.84. The van der Waals surface area contributed by atoms with E-state index in [1.165, 1.54) is 22.1 Å². The Morgan fingerprint density at radius 3 is 2.22 bits per heavy atom. The van der Waals surface area contributed by atoms with Crippen LogP contribution >= 0.6 is 0 Å². The molecule has 0 saturated heterocycles. The fraction of sp³-hybridized carbons (Fsp3) is 0. The summed E-state index contributed by atoms with van der Waals surface area (Å²) >= 11 is 0. The molecule has 0 bridgehead atoms. The molecular weight excluding hydrogens is 441 g/mol. The van der Waals surface area contributed by atoms with E-state index < -0.39 is 0 Å². The van der Waals surface area contributed by atoms with Gasteiger partial charge in [-0.25, -0.2) is 0 Å². The highest BCUT2D eigenvalue weighted by molar-refractivity contribution is 6.99. The van der Waals surface area contributed by atoms with Crippen molar-refractivity contribution in [2.75, 3.05) is 4.90 Å². The van der Waals surface area contributed by atoms with Crippen molar-refractivity contribution in [2.24, 2.45) is 0 Å². The molecule has 3 nitrogen and oxygen atoms in total. The van der Waals surface area contributed by atoms with Crippen molar-refractivity contribution in [3.8, 4) is 22.6 Å². The summed E-state index contributed by atoms with van der Waals surface area (Å²) in [6, 6.07) is 40.4. The second kappa shape index (κ2) is 7.40. The van der Waals surface area contributed by atoms with Crippen molar-refractivity contribution in [2.45, 2.75) is 0 Å². The van der Waals surface area contributed by atoms with E-state index in [2.05, 4.69) is 108 Å². The van der Waals surface area contributed by atoms with E-state index in [9.17, 15) is 0 Å². The molecule has 168 valence electrons. The number of ether oxygens (including phenoxy) is 1. The Hall–Kier alpha value is -4.70. The van der Waals surface area contributed by atoms with E-state index in [0.717, 1.165) is 45.0 Å². The van der Waals surface area contributed by atoms with Gasteiger partial charge in [-0.1, -0.05) is 72.8 Å². The lowest BCUT2D eigenvalue weighted by Gasteiger charge is -2.40. The summed E-state index contributed by atoms with van der Waals surface area (Å²) in [5.41, 5.74) is 10.2. The van der Waals surface area contributed by atoms with Crippen molar-refractivity contribution >= 4 is 51.1 Å². The molecule has 0 amide bonds. The monoisotopic (exact) mass is 461 g/mol. The van der Waals surface area contributed by atoms with Crippen LogP contribution in [0.5, 0.6) is 11.5 Å². The molecule has 0 atom stereocenters. The van der Waals surface area contributed by atoms with Crippen LogP contribution in [0.25, 0.3) is 22.1 Å². The van der Waals surface area contributed by atoms with E-state index in [1.54, 1.807) is 6.26 Å². The maximum absolute atomic E-state index is 6.45. The molecule has 0 radical (unpaired) electrons. The minimum Gasteiger partial charge on any atom is -0.464 e. The van der Waals surface area contributed by atoms with Crippen LogP contribution in [-0.4, -0.2) is 6.71 Å². The molecule has 0 fully saturated rings. The van der Waals surface area contributed by atoms with Gasteiger partial charge in [0.25, 0.3) is 6.71 Å². The summed E-state index contributed by atoms with van der Waals surface area (Å²) in [4.78, 5) is 2.38. The normalized spacial score (nSPS) is 13.1. The highest BCUT2D eigenvalue weighted by Crippen LogP contribution is 2.46. The quantitative estimate of drug-likeness (QED) is 0.275. The first-order valence-corrected chi connectivity index (χ1v) is 12.2. The molecule has 0 N–H and O–H groups in total. The molecule has 3 heterocycles. The average Bonchev–Trinajstić information content (AvgIpc) is 3.42. The Morgan fingerprint density at radius 2 is 1.31 bits per heavy atom. The summed E-state index contributed by atoms with van der Waals surface area (Å²) in [6.07, 6.45) is 1.77. The van der Waals surface area contributed by atoms with Gasteiger partial charge < -0.3 is 14.1 Å². The van der Waals surface area contributed by atoms with Gasteiger partial charge in [0.15, 0.2) is 0 Å². The fourth-order valence-corrected chi connectivity index (χ4v) is 5.93. The van der Waals surface area contributed by atoms with E-state index in [4.69, 9.17) is 9.15 Å². The van der Waals surface area contributed by atoms with Crippen molar-refractivity contribution < 1.29 is 9.15 Å². The molecule has 6 aromatic rings. The lowest BCUT2D eigenvalue weighted by atomic mass is 9.34. The molecular formula is C32H20BNO2. The van der Waals surface area contributed by atoms with E-state index >= 15 is 0 Å². The number of benzene rings is 5. The molecule has 0 saturated carbocycles. The minimum absolute atomic E-state index is 0.112. The molecule has 0 aliphatic carbocycles. The van der Waals surface area contributed by atoms with E-state index in [1.807, 2.05) is 12.1 Å². The van der Waals surface area contributed by atoms with Crippen LogP contribution in [0.2, 0.25) is 0 Å². The first kappa shape index (κ1) is 19.6. The van der Waals surface area contributed by atoms with Crippen molar-refractivity contribution in [3.05, 3.63) is 122 Å². The Balaban J connectivity index is 1.47. The van der Waals surface area contributed by atoms with Crippen LogP contribution in [0.3, 0.4) is 0 Å². The molecule has 2 aliphatic heterocycles. The van der Waals surface area contributed by atoms with Crippen LogP contribution in [0, 0.1) is 0 Å². The lowest BCUT2D eigenvalue weighted by Crippen LogP contribution is -2.59. The summed E-state index contributed by atoms with van der Waals surface area (Å²) < 4.78 is 12.5. The SMILES string of the molecule is c1ccc(-c2c(N3c4ccccc4B4c5ccccc5Oc5cccc3c54)ccc3ccoc23)cc1. The fourth-order valence-electron chi connectivity index (χ4n) is 5.93. The zero-order chi connectivity index (χ0) is 23.6. The Labute approximate surface area is 209 Å². The highest BCUT2D eigenvalue weighted by Gasteiger charge is 2.41. The van der Waals surface area contributed by atoms with Crippen molar-refractivity contribution in [1.29, 1.82) is 0 Å². The summed E-state index contributed by atoms with van der Waals surface area (Å²) in [7, 11) is 0. The molecule has 0 spiro atoms. The van der Waals surface area contributed by atoms with Crippen LogP contribution in [-0.2, 0) is 0 Å². The van der Waals surface area contributed by atoms with Gasteiger partial charge >= 0.3 is 0 Å². The molecule has 1 aromatic heterocycles.